The summed E-state index contributed by atoms with van der Waals surface area (Å²) in [5, 5.41) is 0.899. The van der Waals surface area contributed by atoms with Crippen molar-refractivity contribution >= 4 is 22.9 Å². The van der Waals surface area contributed by atoms with Gasteiger partial charge in [-0.1, -0.05) is 18.2 Å². The molecule has 128 valence electrons. The number of amides is 1. The summed E-state index contributed by atoms with van der Waals surface area (Å²) < 4.78 is 5.20. The molecule has 0 aliphatic rings. The van der Waals surface area contributed by atoms with Crippen LogP contribution in [0.25, 0.3) is 17.0 Å². The van der Waals surface area contributed by atoms with Crippen LogP contribution >= 0.6 is 0 Å². The van der Waals surface area contributed by atoms with Crippen LogP contribution < -0.4 is 11.0 Å². The zero-order chi connectivity index (χ0) is 17.5. The maximum atomic E-state index is 12.0. The Morgan fingerprint density at radius 2 is 2.12 bits per heavy atom. The van der Waals surface area contributed by atoms with E-state index >= 15 is 0 Å². The van der Waals surface area contributed by atoms with Gasteiger partial charge in [0.15, 0.2) is 0 Å². The van der Waals surface area contributed by atoms with Gasteiger partial charge in [0, 0.05) is 23.6 Å². The molecular formula is C19H18N2O4. The van der Waals surface area contributed by atoms with E-state index in [9.17, 15) is 9.59 Å². The number of hydrogen-bond donors (Lipinski definition) is 2. The number of hydroxylamine groups is 1. The van der Waals surface area contributed by atoms with Crippen molar-refractivity contribution in [3.05, 3.63) is 76.5 Å². The molecule has 2 aromatic heterocycles. The van der Waals surface area contributed by atoms with Gasteiger partial charge in [0.25, 0.3) is 11.5 Å². The number of aryl methyl sites for hydroxylation is 1. The number of para-hydroxylation sites is 1. The standard InChI is InChI=1S/C19H18N2O4/c22-18(21-25-12-4-7-16-6-3-11-24-16)10-9-15-13-14-5-1-2-8-17(14)20-19(15)23/h1-3,5-6,8-11,13H,4,7,12H2,(H,20,23)(H,21,22)/b10-9+. The fourth-order valence-corrected chi connectivity index (χ4v) is 2.38. The summed E-state index contributed by atoms with van der Waals surface area (Å²) in [6, 6.07) is 12.9. The largest absolute Gasteiger partial charge is 0.469 e. The molecule has 0 radical (unpaired) electrons. The third-order valence-corrected chi connectivity index (χ3v) is 3.62. The van der Waals surface area contributed by atoms with Crippen molar-refractivity contribution < 1.29 is 14.0 Å². The van der Waals surface area contributed by atoms with Gasteiger partial charge in [0.05, 0.1) is 12.9 Å². The molecule has 6 nitrogen and oxygen atoms in total. The number of aromatic nitrogens is 1. The normalized spacial score (nSPS) is 11.2. The van der Waals surface area contributed by atoms with E-state index in [2.05, 4.69) is 10.5 Å². The number of hydrogen-bond acceptors (Lipinski definition) is 4. The number of fused-ring (bicyclic) bond motifs is 1. The zero-order valence-electron chi connectivity index (χ0n) is 13.5. The molecule has 0 aliphatic carbocycles. The monoisotopic (exact) mass is 338 g/mol. The predicted molar refractivity (Wildman–Crippen MR) is 94.7 cm³/mol. The second kappa shape index (κ2) is 8.12. The van der Waals surface area contributed by atoms with E-state index in [0.717, 1.165) is 29.5 Å². The van der Waals surface area contributed by atoms with Gasteiger partial charge >= 0.3 is 0 Å². The Morgan fingerprint density at radius 1 is 1.24 bits per heavy atom. The van der Waals surface area contributed by atoms with Crippen LogP contribution in [0.3, 0.4) is 0 Å². The topological polar surface area (TPSA) is 84.3 Å². The Labute approximate surface area is 144 Å². The van der Waals surface area contributed by atoms with Gasteiger partial charge in [-0.2, -0.15) is 0 Å². The van der Waals surface area contributed by atoms with E-state index < -0.39 is 5.91 Å². The number of aromatic amines is 1. The molecule has 0 bridgehead atoms. The number of pyridine rings is 1. The number of carbonyl (C=O) groups excluding carboxylic acids is 1. The van der Waals surface area contributed by atoms with Crippen LogP contribution in [0.5, 0.6) is 0 Å². The van der Waals surface area contributed by atoms with E-state index in [1.54, 1.807) is 12.3 Å². The first-order chi connectivity index (χ1) is 12.2. The molecular weight excluding hydrogens is 320 g/mol. The van der Waals surface area contributed by atoms with Crippen molar-refractivity contribution in [3.63, 3.8) is 0 Å². The average molecular weight is 338 g/mol. The summed E-state index contributed by atoms with van der Waals surface area (Å²) in [5.74, 6) is 0.455. The molecule has 3 rings (SSSR count). The Morgan fingerprint density at radius 3 is 2.96 bits per heavy atom. The van der Waals surface area contributed by atoms with Crippen LogP contribution in [0, 0.1) is 0 Å². The Hall–Kier alpha value is -3.12. The first-order valence-corrected chi connectivity index (χ1v) is 7.97. The lowest BCUT2D eigenvalue weighted by atomic mass is 10.1. The van der Waals surface area contributed by atoms with Crippen LogP contribution in [-0.4, -0.2) is 17.5 Å². The van der Waals surface area contributed by atoms with E-state index in [1.807, 2.05) is 36.4 Å². The van der Waals surface area contributed by atoms with Crippen molar-refractivity contribution in [2.45, 2.75) is 12.8 Å². The maximum absolute atomic E-state index is 12.0. The van der Waals surface area contributed by atoms with E-state index in [1.165, 1.54) is 12.2 Å². The quantitative estimate of drug-likeness (QED) is 0.394. The molecule has 1 amide bonds. The molecule has 2 N–H and O–H groups in total. The van der Waals surface area contributed by atoms with Gasteiger partial charge in [-0.05, 0) is 42.1 Å². The van der Waals surface area contributed by atoms with Crippen molar-refractivity contribution in [1.29, 1.82) is 0 Å². The minimum atomic E-state index is -0.425. The van der Waals surface area contributed by atoms with E-state index in [0.29, 0.717) is 12.2 Å². The predicted octanol–water partition coefficient (Wildman–Crippen LogP) is 2.81. The Kier molecular flexibility index (Phi) is 5.43. The van der Waals surface area contributed by atoms with Crippen LogP contribution in [0.15, 0.2) is 64.0 Å². The summed E-state index contributed by atoms with van der Waals surface area (Å²) in [4.78, 5) is 31.6. The van der Waals surface area contributed by atoms with Gasteiger partial charge in [-0.3, -0.25) is 14.4 Å². The van der Waals surface area contributed by atoms with Gasteiger partial charge in [-0.15, -0.1) is 0 Å². The van der Waals surface area contributed by atoms with E-state index in [4.69, 9.17) is 9.25 Å². The molecule has 0 unspecified atom stereocenters. The number of nitrogens with one attached hydrogen (secondary N) is 2. The summed E-state index contributed by atoms with van der Waals surface area (Å²) >= 11 is 0. The summed E-state index contributed by atoms with van der Waals surface area (Å²) in [6.07, 6.45) is 5.82. The van der Waals surface area contributed by atoms with E-state index in [-0.39, 0.29) is 5.56 Å². The van der Waals surface area contributed by atoms with Crippen LogP contribution in [0.4, 0.5) is 0 Å². The van der Waals surface area contributed by atoms with Gasteiger partial charge in [-0.25, -0.2) is 5.48 Å². The van der Waals surface area contributed by atoms with Crippen molar-refractivity contribution in [2.24, 2.45) is 0 Å². The highest BCUT2D eigenvalue weighted by Crippen LogP contribution is 2.10. The molecule has 6 heteroatoms. The van der Waals surface area contributed by atoms with Gasteiger partial charge in [0.2, 0.25) is 0 Å². The zero-order valence-corrected chi connectivity index (χ0v) is 13.5. The van der Waals surface area contributed by atoms with Gasteiger partial charge < -0.3 is 9.40 Å². The second-order valence-corrected chi connectivity index (χ2v) is 5.47. The highest BCUT2D eigenvalue weighted by Gasteiger charge is 2.01. The first-order valence-electron chi connectivity index (χ1n) is 7.97. The average Bonchev–Trinajstić information content (AvgIpc) is 3.13. The van der Waals surface area contributed by atoms with Crippen LogP contribution in [-0.2, 0) is 16.1 Å². The second-order valence-electron chi connectivity index (χ2n) is 5.47. The molecule has 0 saturated heterocycles. The minimum absolute atomic E-state index is 0.248. The summed E-state index contributed by atoms with van der Waals surface area (Å²) in [7, 11) is 0. The molecule has 0 fully saturated rings. The van der Waals surface area contributed by atoms with Crippen LogP contribution in [0.2, 0.25) is 0 Å². The number of carbonyl (C=O) groups is 1. The fourth-order valence-electron chi connectivity index (χ4n) is 2.38. The minimum Gasteiger partial charge on any atom is -0.469 e. The maximum Gasteiger partial charge on any atom is 0.267 e. The lowest BCUT2D eigenvalue weighted by Gasteiger charge is -2.03. The summed E-state index contributed by atoms with van der Waals surface area (Å²) in [6.45, 7) is 0.372. The smallest absolute Gasteiger partial charge is 0.267 e. The molecule has 0 aliphatic heterocycles. The molecule has 2 heterocycles. The molecule has 0 atom stereocenters. The molecule has 0 saturated carbocycles. The number of furan rings is 1. The number of benzene rings is 1. The lowest BCUT2D eigenvalue weighted by Crippen LogP contribution is -2.22. The molecule has 3 aromatic rings. The van der Waals surface area contributed by atoms with Crippen molar-refractivity contribution in [2.75, 3.05) is 6.61 Å². The Balaban J connectivity index is 1.49. The molecule has 25 heavy (non-hydrogen) atoms. The summed E-state index contributed by atoms with van der Waals surface area (Å²) in [5.41, 5.74) is 3.24. The van der Waals surface area contributed by atoms with Crippen molar-refractivity contribution in [3.8, 4) is 0 Å². The fraction of sp³-hybridized carbons (Fsp3) is 0.158. The third kappa shape index (κ3) is 4.68. The number of H-pyrrole nitrogens is 1. The van der Waals surface area contributed by atoms with Gasteiger partial charge in [0.1, 0.15) is 5.76 Å². The highest BCUT2D eigenvalue weighted by molar-refractivity contribution is 5.91. The number of rotatable bonds is 7. The molecule has 1 aromatic carbocycles. The SMILES string of the molecule is O=C(/C=C/c1cc2ccccc2[nH]c1=O)NOCCCc1ccco1. The third-order valence-electron chi connectivity index (χ3n) is 3.62. The molecule has 0 spiro atoms. The van der Waals surface area contributed by atoms with Crippen LogP contribution in [0.1, 0.15) is 17.7 Å². The lowest BCUT2D eigenvalue weighted by molar-refractivity contribution is -0.128. The Bertz CT molecular complexity index is 926. The highest BCUT2D eigenvalue weighted by atomic mass is 16.6. The first kappa shape index (κ1) is 16.7. The van der Waals surface area contributed by atoms with Crippen molar-refractivity contribution in [1.82, 2.24) is 10.5 Å².